The van der Waals surface area contributed by atoms with Crippen molar-refractivity contribution in [1.82, 2.24) is 9.80 Å². The number of carbonyl (C=O) groups excluding carboxylic acids is 2. The number of aryl methyl sites for hydroxylation is 1. The highest BCUT2D eigenvalue weighted by Crippen LogP contribution is 2.23. The Hall–Kier alpha value is -3.80. The third-order valence-electron chi connectivity index (χ3n) is 6.56. The molecule has 0 saturated carbocycles. The summed E-state index contributed by atoms with van der Waals surface area (Å²) in [6.45, 7) is 1.14. The summed E-state index contributed by atoms with van der Waals surface area (Å²) in [4.78, 5) is 32.3. The van der Waals surface area contributed by atoms with Gasteiger partial charge < -0.3 is 19.4 Å². The molecule has 35 heavy (non-hydrogen) atoms. The van der Waals surface area contributed by atoms with Gasteiger partial charge in [0, 0.05) is 38.4 Å². The first kappa shape index (κ1) is 24.3. The van der Waals surface area contributed by atoms with E-state index < -0.39 is 0 Å². The largest absolute Gasteiger partial charge is 0.497 e. The molecule has 182 valence electrons. The highest BCUT2D eigenvalue weighted by Gasteiger charge is 2.34. The molecular formula is C29H33N3O3. The number of methoxy groups -OCH3 is 1. The third kappa shape index (κ3) is 6.01. The van der Waals surface area contributed by atoms with Gasteiger partial charge in [-0.25, -0.2) is 0 Å². The Balaban J connectivity index is 1.52. The molecule has 3 aromatic carbocycles. The highest BCUT2D eigenvalue weighted by atomic mass is 16.5. The second kappa shape index (κ2) is 11.1. The van der Waals surface area contributed by atoms with Gasteiger partial charge in [0.2, 0.25) is 5.91 Å². The van der Waals surface area contributed by atoms with Gasteiger partial charge in [-0.1, -0.05) is 42.5 Å². The molecule has 0 aromatic heterocycles. The van der Waals surface area contributed by atoms with Crippen molar-refractivity contribution in [1.29, 1.82) is 0 Å². The smallest absolute Gasteiger partial charge is 0.254 e. The summed E-state index contributed by atoms with van der Waals surface area (Å²) in [5.41, 5.74) is 4.00. The van der Waals surface area contributed by atoms with E-state index in [-0.39, 0.29) is 24.4 Å². The summed E-state index contributed by atoms with van der Waals surface area (Å²) in [7, 11) is 5.62. The number of amides is 2. The van der Waals surface area contributed by atoms with Crippen LogP contribution in [0.5, 0.6) is 5.75 Å². The minimum atomic E-state index is -0.124. The highest BCUT2D eigenvalue weighted by molar-refractivity contribution is 5.97. The number of piperazine rings is 1. The Labute approximate surface area is 207 Å². The predicted octanol–water partition coefficient (Wildman–Crippen LogP) is 4.25. The lowest BCUT2D eigenvalue weighted by molar-refractivity contribution is -0.139. The fraction of sp³-hybridized carbons (Fsp3) is 0.310. The monoisotopic (exact) mass is 471 g/mol. The standard InChI is InChI=1S/C29H33N3O3/c1-30(2)25-14-10-23(11-15-25)19-32-26(16-9-22-7-5-4-6-8-22)20-31(21-28(32)33)29(34)24-12-17-27(35-3)18-13-24/h4-8,10-15,17-18,26H,9,16,19-21H2,1-3H3. The molecule has 0 radical (unpaired) electrons. The van der Waals surface area contributed by atoms with Crippen LogP contribution in [0.2, 0.25) is 0 Å². The fourth-order valence-corrected chi connectivity index (χ4v) is 4.48. The Morgan fingerprint density at radius 1 is 0.943 bits per heavy atom. The van der Waals surface area contributed by atoms with Crippen LogP contribution in [-0.2, 0) is 17.8 Å². The number of anilines is 1. The van der Waals surface area contributed by atoms with E-state index >= 15 is 0 Å². The van der Waals surface area contributed by atoms with Crippen molar-refractivity contribution in [2.24, 2.45) is 0 Å². The summed E-state index contributed by atoms with van der Waals surface area (Å²) in [5.74, 6) is 0.553. The van der Waals surface area contributed by atoms with Crippen molar-refractivity contribution in [3.8, 4) is 5.75 Å². The molecule has 6 heteroatoms. The van der Waals surface area contributed by atoms with Crippen LogP contribution in [-0.4, -0.2) is 62.0 Å². The zero-order valence-corrected chi connectivity index (χ0v) is 20.7. The molecule has 1 unspecified atom stereocenters. The van der Waals surface area contributed by atoms with E-state index in [1.165, 1.54) is 5.56 Å². The summed E-state index contributed by atoms with van der Waals surface area (Å²) in [6, 6.07) is 25.6. The van der Waals surface area contributed by atoms with Gasteiger partial charge in [0.15, 0.2) is 0 Å². The van der Waals surface area contributed by atoms with Crippen molar-refractivity contribution in [3.63, 3.8) is 0 Å². The number of nitrogens with zero attached hydrogens (tertiary/aromatic N) is 3. The first-order valence-electron chi connectivity index (χ1n) is 12.0. The van der Waals surface area contributed by atoms with E-state index in [1.54, 1.807) is 36.3 Å². The molecule has 1 heterocycles. The van der Waals surface area contributed by atoms with E-state index in [4.69, 9.17) is 4.74 Å². The Kier molecular flexibility index (Phi) is 7.70. The molecule has 6 nitrogen and oxygen atoms in total. The van der Waals surface area contributed by atoms with Gasteiger partial charge in [-0.3, -0.25) is 9.59 Å². The summed E-state index contributed by atoms with van der Waals surface area (Å²) in [6.07, 6.45) is 1.64. The van der Waals surface area contributed by atoms with Crippen LogP contribution in [0.25, 0.3) is 0 Å². The van der Waals surface area contributed by atoms with Gasteiger partial charge >= 0.3 is 0 Å². The van der Waals surface area contributed by atoms with Gasteiger partial charge in [0.25, 0.3) is 5.91 Å². The summed E-state index contributed by atoms with van der Waals surface area (Å²) >= 11 is 0. The average Bonchev–Trinajstić information content (AvgIpc) is 2.89. The van der Waals surface area contributed by atoms with Crippen LogP contribution < -0.4 is 9.64 Å². The number of benzene rings is 3. The number of hydrogen-bond donors (Lipinski definition) is 0. The molecule has 4 rings (SSSR count). The van der Waals surface area contributed by atoms with Gasteiger partial charge in [-0.05, 0) is 60.4 Å². The number of ether oxygens (including phenoxy) is 1. The van der Waals surface area contributed by atoms with Gasteiger partial charge in [-0.2, -0.15) is 0 Å². The summed E-state index contributed by atoms with van der Waals surface area (Å²) in [5, 5.41) is 0. The van der Waals surface area contributed by atoms with Crippen LogP contribution >= 0.6 is 0 Å². The fourth-order valence-electron chi connectivity index (χ4n) is 4.48. The van der Waals surface area contributed by atoms with Crippen molar-refractivity contribution in [2.45, 2.75) is 25.4 Å². The summed E-state index contributed by atoms with van der Waals surface area (Å²) < 4.78 is 5.21. The van der Waals surface area contributed by atoms with E-state index in [0.29, 0.717) is 24.4 Å². The molecule has 0 aliphatic carbocycles. The first-order chi connectivity index (χ1) is 16.9. The van der Waals surface area contributed by atoms with Crippen LogP contribution in [0.4, 0.5) is 5.69 Å². The van der Waals surface area contributed by atoms with Crippen molar-refractivity contribution >= 4 is 17.5 Å². The van der Waals surface area contributed by atoms with Gasteiger partial charge in [-0.15, -0.1) is 0 Å². The van der Waals surface area contributed by atoms with E-state index in [2.05, 4.69) is 41.3 Å². The number of rotatable bonds is 8. The molecule has 1 saturated heterocycles. The lowest BCUT2D eigenvalue weighted by atomic mass is 10.00. The van der Waals surface area contributed by atoms with E-state index in [0.717, 1.165) is 24.1 Å². The minimum Gasteiger partial charge on any atom is -0.497 e. The number of carbonyl (C=O) groups is 2. The maximum atomic E-state index is 13.3. The predicted molar refractivity (Wildman–Crippen MR) is 139 cm³/mol. The first-order valence-corrected chi connectivity index (χ1v) is 12.0. The minimum absolute atomic E-state index is 0.0205. The molecule has 0 bridgehead atoms. The Morgan fingerprint density at radius 3 is 2.26 bits per heavy atom. The lowest BCUT2D eigenvalue weighted by Crippen LogP contribution is -2.57. The van der Waals surface area contributed by atoms with Crippen LogP contribution in [0.15, 0.2) is 78.9 Å². The molecule has 1 aliphatic rings. The normalized spacial score (nSPS) is 15.7. The SMILES string of the molecule is COc1ccc(C(=O)N2CC(=O)N(Cc3ccc(N(C)C)cc3)C(CCc3ccccc3)C2)cc1. The molecule has 2 amide bonds. The molecule has 0 N–H and O–H groups in total. The zero-order valence-electron chi connectivity index (χ0n) is 20.7. The topological polar surface area (TPSA) is 53.1 Å². The van der Waals surface area contributed by atoms with E-state index in [1.807, 2.05) is 37.2 Å². The molecule has 1 aliphatic heterocycles. The lowest BCUT2D eigenvalue weighted by Gasteiger charge is -2.41. The third-order valence-corrected chi connectivity index (χ3v) is 6.56. The Morgan fingerprint density at radius 2 is 1.63 bits per heavy atom. The van der Waals surface area contributed by atoms with Crippen LogP contribution in [0.3, 0.4) is 0 Å². The maximum Gasteiger partial charge on any atom is 0.254 e. The molecule has 1 atom stereocenters. The maximum absolute atomic E-state index is 13.3. The molecule has 3 aromatic rings. The van der Waals surface area contributed by atoms with Gasteiger partial charge in [0.05, 0.1) is 13.2 Å². The number of hydrogen-bond acceptors (Lipinski definition) is 4. The second-order valence-corrected chi connectivity index (χ2v) is 9.17. The van der Waals surface area contributed by atoms with Gasteiger partial charge in [0.1, 0.15) is 12.3 Å². The van der Waals surface area contributed by atoms with Crippen LogP contribution in [0.1, 0.15) is 27.9 Å². The van der Waals surface area contributed by atoms with Crippen molar-refractivity contribution in [3.05, 3.63) is 95.6 Å². The quantitative estimate of drug-likeness (QED) is 0.493. The van der Waals surface area contributed by atoms with Crippen molar-refractivity contribution in [2.75, 3.05) is 39.2 Å². The van der Waals surface area contributed by atoms with Crippen molar-refractivity contribution < 1.29 is 14.3 Å². The second-order valence-electron chi connectivity index (χ2n) is 9.17. The molecular weight excluding hydrogens is 438 g/mol. The Bertz CT molecular complexity index is 1130. The molecule has 0 spiro atoms. The average molecular weight is 472 g/mol. The zero-order chi connectivity index (χ0) is 24.8. The van der Waals surface area contributed by atoms with E-state index in [9.17, 15) is 9.59 Å². The molecule has 1 fully saturated rings. The van der Waals surface area contributed by atoms with Crippen LogP contribution in [0, 0.1) is 0 Å².